The maximum Gasteiger partial charge on any atom is 0.180 e. The van der Waals surface area contributed by atoms with Gasteiger partial charge in [0.25, 0.3) is 0 Å². The van der Waals surface area contributed by atoms with Crippen molar-refractivity contribution in [1.29, 1.82) is 0 Å². The van der Waals surface area contributed by atoms with Crippen LogP contribution in [0.25, 0.3) is 0 Å². The molecule has 0 spiro atoms. The second-order valence-corrected chi connectivity index (χ2v) is 5.67. The maximum atomic E-state index is 5.34. The zero-order valence-electron chi connectivity index (χ0n) is 7.11. The molecule has 3 nitrogen and oxygen atoms in total. The van der Waals surface area contributed by atoms with Crippen molar-refractivity contribution in [3.05, 3.63) is 0 Å². The van der Waals surface area contributed by atoms with E-state index in [1.807, 2.05) is 0 Å². The van der Waals surface area contributed by atoms with E-state index < -0.39 is 9.76 Å². The van der Waals surface area contributed by atoms with Crippen LogP contribution >= 0.6 is 0 Å². The third kappa shape index (κ3) is 4.93. The first-order valence-electron chi connectivity index (χ1n) is 3.56. The normalized spacial score (nSPS) is 13.2. The van der Waals surface area contributed by atoms with Crippen LogP contribution in [0.5, 0.6) is 0 Å². The van der Waals surface area contributed by atoms with Crippen molar-refractivity contribution < 1.29 is 4.43 Å². The summed E-state index contributed by atoms with van der Waals surface area (Å²) in [5.41, 5.74) is 5.34. The van der Waals surface area contributed by atoms with Gasteiger partial charge in [0.05, 0.1) is 0 Å². The Kier molecular flexibility index (Phi) is 4.89. The Morgan fingerprint density at radius 2 is 2.20 bits per heavy atom. The van der Waals surface area contributed by atoms with Gasteiger partial charge in [0, 0.05) is 25.4 Å². The minimum absolute atomic E-state index is 0.189. The summed E-state index contributed by atoms with van der Waals surface area (Å²) in [7, 11) is 1.32. The standard InChI is InChI=1S/C6H18N2OSi/c1-6(2,10-9-3)8-5-4-7/h8H,4-5,7,10H2,1-3H3. The van der Waals surface area contributed by atoms with Crippen LogP contribution in [0.3, 0.4) is 0 Å². The molecule has 0 aliphatic rings. The summed E-state index contributed by atoms with van der Waals surface area (Å²) in [5.74, 6) is 0. The van der Waals surface area contributed by atoms with Crippen molar-refractivity contribution in [2.75, 3.05) is 20.2 Å². The highest BCUT2D eigenvalue weighted by Gasteiger charge is 2.16. The van der Waals surface area contributed by atoms with Crippen LogP contribution in [-0.2, 0) is 4.43 Å². The van der Waals surface area contributed by atoms with E-state index >= 15 is 0 Å². The second kappa shape index (κ2) is 4.84. The molecule has 0 saturated carbocycles. The SMILES string of the molecule is CO[SiH2]C(C)(C)NCCN. The third-order valence-corrected chi connectivity index (χ3v) is 2.51. The summed E-state index contributed by atoms with van der Waals surface area (Å²) in [5, 5.41) is 3.51. The number of hydrogen-bond donors (Lipinski definition) is 2. The molecule has 4 heteroatoms. The molecule has 0 heterocycles. The van der Waals surface area contributed by atoms with E-state index in [0.29, 0.717) is 6.54 Å². The molecule has 10 heavy (non-hydrogen) atoms. The average Bonchev–Trinajstić information content (AvgIpc) is 1.84. The van der Waals surface area contributed by atoms with E-state index in [1.54, 1.807) is 7.11 Å². The Labute approximate surface area is 65.3 Å². The molecular formula is C6H18N2OSi. The average molecular weight is 162 g/mol. The summed E-state index contributed by atoms with van der Waals surface area (Å²) >= 11 is 0. The molecule has 0 saturated heterocycles. The highest BCUT2D eigenvalue weighted by Crippen LogP contribution is 1.97. The molecule has 62 valence electrons. The van der Waals surface area contributed by atoms with Gasteiger partial charge in [0.15, 0.2) is 9.76 Å². The minimum atomic E-state index is -0.437. The Bertz CT molecular complexity index is 87.8. The summed E-state index contributed by atoms with van der Waals surface area (Å²) < 4.78 is 5.14. The first-order valence-corrected chi connectivity index (χ1v) is 4.85. The van der Waals surface area contributed by atoms with Crippen molar-refractivity contribution in [2.24, 2.45) is 5.73 Å². The molecule has 0 aliphatic carbocycles. The molecule has 0 aromatic heterocycles. The van der Waals surface area contributed by atoms with Gasteiger partial charge in [-0.1, -0.05) is 0 Å². The molecule has 0 aliphatic heterocycles. The van der Waals surface area contributed by atoms with Gasteiger partial charge in [-0.2, -0.15) is 0 Å². The van der Waals surface area contributed by atoms with E-state index in [9.17, 15) is 0 Å². The first-order chi connectivity index (χ1) is 4.62. The molecule has 0 unspecified atom stereocenters. The van der Waals surface area contributed by atoms with Crippen molar-refractivity contribution in [1.82, 2.24) is 5.32 Å². The highest BCUT2D eigenvalue weighted by molar-refractivity contribution is 6.31. The molecule has 0 atom stereocenters. The monoisotopic (exact) mass is 162 g/mol. The zero-order chi connectivity index (χ0) is 8.04. The predicted molar refractivity (Wildman–Crippen MR) is 46.7 cm³/mol. The lowest BCUT2D eigenvalue weighted by molar-refractivity contribution is 0.389. The van der Waals surface area contributed by atoms with Gasteiger partial charge < -0.3 is 15.5 Å². The van der Waals surface area contributed by atoms with E-state index in [1.165, 1.54) is 0 Å². The van der Waals surface area contributed by atoms with Crippen LogP contribution in [0.4, 0.5) is 0 Å². The summed E-state index contributed by atoms with van der Waals surface area (Å²) in [6.45, 7) is 5.88. The molecule has 0 rings (SSSR count). The van der Waals surface area contributed by atoms with Crippen molar-refractivity contribution >= 4 is 9.76 Å². The van der Waals surface area contributed by atoms with Crippen LogP contribution in [-0.4, -0.2) is 35.1 Å². The van der Waals surface area contributed by atoms with Crippen LogP contribution < -0.4 is 11.1 Å². The topological polar surface area (TPSA) is 47.3 Å². The summed E-state index contributed by atoms with van der Waals surface area (Å²) in [6, 6.07) is 0. The van der Waals surface area contributed by atoms with E-state index in [2.05, 4.69) is 19.2 Å². The van der Waals surface area contributed by atoms with Crippen LogP contribution in [0.2, 0.25) is 0 Å². The molecule has 0 aromatic rings. The molecule has 3 N–H and O–H groups in total. The van der Waals surface area contributed by atoms with Crippen molar-refractivity contribution in [3.63, 3.8) is 0 Å². The Morgan fingerprint density at radius 1 is 1.60 bits per heavy atom. The second-order valence-electron chi connectivity index (χ2n) is 3.03. The lowest BCUT2D eigenvalue weighted by Gasteiger charge is -2.24. The number of hydrogen-bond acceptors (Lipinski definition) is 3. The predicted octanol–water partition coefficient (Wildman–Crippen LogP) is -0.999. The van der Waals surface area contributed by atoms with Crippen molar-refractivity contribution in [3.8, 4) is 0 Å². The van der Waals surface area contributed by atoms with Gasteiger partial charge in [0.2, 0.25) is 0 Å². The highest BCUT2D eigenvalue weighted by atomic mass is 28.2. The molecule has 0 amide bonds. The van der Waals surface area contributed by atoms with Crippen LogP contribution in [0.15, 0.2) is 0 Å². The number of nitrogens with two attached hydrogens (primary N) is 1. The summed E-state index contributed by atoms with van der Waals surface area (Å²) in [6.07, 6.45) is 0. The fourth-order valence-electron chi connectivity index (χ4n) is 0.822. The maximum absolute atomic E-state index is 5.34. The molecular weight excluding hydrogens is 144 g/mol. The molecule has 0 fully saturated rings. The third-order valence-electron chi connectivity index (χ3n) is 1.25. The Balaban J connectivity index is 3.42. The smallest absolute Gasteiger partial charge is 0.180 e. The zero-order valence-corrected chi connectivity index (χ0v) is 8.52. The lowest BCUT2D eigenvalue weighted by atomic mass is 10.4. The Hall–Kier alpha value is 0.0969. The van der Waals surface area contributed by atoms with Gasteiger partial charge in [-0.25, -0.2) is 0 Å². The first kappa shape index (κ1) is 10.1. The van der Waals surface area contributed by atoms with Crippen LogP contribution in [0.1, 0.15) is 13.8 Å². The number of nitrogens with one attached hydrogen (secondary N) is 1. The molecule has 0 radical (unpaired) electrons. The largest absolute Gasteiger partial charge is 0.425 e. The van der Waals surface area contributed by atoms with Gasteiger partial charge in [0.1, 0.15) is 0 Å². The minimum Gasteiger partial charge on any atom is -0.425 e. The number of rotatable bonds is 5. The van der Waals surface area contributed by atoms with E-state index in [-0.39, 0.29) is 5.16 Å². The quantitative estimate of drug-likeness (QED) is 0.510. The van der Waals surface area contributed by atoms with Gasteiger partial charge in [-0.05, 0) is 13.8 Å². The van der Waals surface area contributed by atoms with Gasteiger partial charge >= 0.3 is 0 Å². The molecule has 0 bridgehead atoms. The lowest BCUT2D eigenvalue weighted by Crippen LogP contribution is -2.47. The molecule has 0 aromatic carbocycles. The van der Waals surface area contributed by atoms with E-state index in [4.69, 9.17) is 10.2 Å². The van der Waals surface area contributed by atoms with Gasteiger partial charge in [-0.3, -0.25) is 0 Å². The van der Waals surface area contributed by atoms with Crippen LogP contribution in [0, 0.1) is 0 Å². The van der Waals surface area contributed by atoms with Gasteiger partial charge in [-0.15, -0.1) is 0 Å². The summed E-state index contributed by atoms with van der Waals surface area (Å²) in [4.78, 5) is 0. The Morgan fingerprint density at radius 3 is 2.60 bits per heavy atom. The fourth-order valence-corrected chi connectivity index (χ4v) is 1.82. The fraction of sp³-hybridized carbons (Fsp3) is 1.00. The van der Waals surface area contributed by atoms with Crippen molar-refractivity contribution in [2.45, 2.75) is 19.0 Å². The van der Waals surface area contributed by atoms with E-state index in [0.717, 1.165) is 6.54 Å².